The first-order valence-corrected chi connectivity index (χ1v) is 10.6. The second kappa shape index (κ2) is 10.3. The van der Waals surface area contributed by atoms with Gasteiger partial charge in [0, 0.05) is 6.54 Å². The molecule has 1 amide bonds. The Bertz CT molecular complexity index is 1150. The number of hydrogen-bond acceptors (Lipinski definition) is 6. The van der Waals surface area contributed by atoms with Crippen molar-refractivity contribution in [3.63, 3.8) is 0 Å². The van der Waals surface area contributed by atoms with Gasteiger partial charge in [-0.3, -0.25) is 9.69 Å². The Labute approximate surface area is 194 Å². The number of aliphatic imine (C=N–C) groups is 1. The quantitative estimate of drug-likeness (QED) is 0.466. The number of hydrogen-bond donors (Lipinski definition) is 1. The third kappa shape index (κ3) is 5.07. The van der Waals surface area contributed by atoms with Gasteiger partial charge in [-0.15, -0.1) is 6.42 Å². The van der Waals surface area contributed by atoms with Gasteiger partial charge in [-0.05, 0) is 66.7 Å². The van der Waals surface area contributed by atoms with Crippen LogP contribution in [-0.4, -0.2) is 47.3 Å². The number of likely N-dealkylation sites (N-methyl/N-ethyl adjacent to an activating group) is 1. The number of thioether (sulfide) groups is 1. The van der Waals surface area contributed by atoms with Crippen LogP contribution in [0.25, 0.3) is 6.08 Å². The summed E-state index contributed by atoms with van der Waals surface area (Å²) in [5.41, 5.74) is 1.36. The third-order valence-electron chi connectivity index (χ3n) is 4.39. The summed E-state index contributed by atoms with van der Waals surface area (Å²) in [5.74, 6) is 1.90. The maximum Gasteiger partial charge on any atom is 0.335 e. The standard InChI is InChI=1S/C23H19ClN2O5S/c1-4-10-31-20-17(24)11-14(12-18(20)30-3)13-19-21(27)26(5-2)23(32-19)25-16-8-6-15(7-9-16)22(28)29/h1,6-9,11-13H,5,10H2,2-3H3,(H,28,29)/b19-13+,25-23?. The highest BCUT2D eigenvalue weighted by Gasteiger charge is 2.32. The van der Waals surface area contributed by atoms with Gasteiger partial charge in [-0.2, -0.15) is 0 Å². The van der Waals surface area contributed by atoms with Crippen molar-refractivity contribution >= 4 is 52.2 Å². The summed E-state index contributed by atoms with van der Waals surface area (Å²) in [6, 6.07) is 9.48. The molecule has 2 aromatic carbocycles. The normalized spacial score (nSPS) is 15.8. The Morgan fingerprint density at radius 3 is 2.66 bits per heavy atom. The number of rotatable bonds is 7. The van der Waals surface area contributed by atoms with Gasteiger partial charge in [0.25, 0.3) is 5.91 Å². The van der Waals surface area contributed by atoms with E-state index in [-0.39, 0.29) is 18.1 Å². The predicted molar refractivity (Wildman–Crippen MR) is 126 cm³/mol. The summed E-state index contributed by atoms with van der Waals surface area (Å²) in [5, 5.41) is 9.84. The molecule has 0 bridgehead atoms. The molecule has 0 atom stereocenters. The molecule has 164 valence electrons. The van der Waals surface area contributed by atoms with E-state index in [4.69, 9.17) is 32.6 Å². The molecule has 1 saturated heterocycles. The fraction of sp³-hybridized carbons (Fsp3) is 0.174. The van der Waals surface area contributed by atoms with Crippen molar-refractivity contribution in [1.29, 1.82) is 0 Å². The molecular formula is C23H19ClN2O5S. The van der Waals surface area contributed by atoms with Gasteiger partial charge in [-0.1, -0.05) is 17.5 Å². The van der Waals surface area contributed by atoms with E-state index in [0.717, 1.165) is 0 Å². The van der Waals surface area contributed by atoms with E-state index in [1.165, 1.54) is 31.0 Å². The summed E-state index contributed by atoms with van der Waals surface area (Å²) in [6.07, 6.45) is 6.94. The van der Waals surface area contributed by atoms with Gasteiger partial charge >= 0.3 is 5.97 Å². The lowest BCUT2D eigenvalue weighted by Gasteiger charge is -2.12. The molecule has 2 aromatic rings. The Hall–Kier alpha value is -3.41. The maximum absolute atomic E-state index is 12.9. The largest absolute Gasteiger partial charge is 0.493 e. The van der Waals surface area contributed by atoms with E-state index in [9.17, 15) is 9.59 Å². The van der Waals surface area contributed by atoms with Crippen LogP contribution in [0.15, 0.2) is 46.3 Å². The zero-order valence-electron chi connectivity index (χ0n) is 17.3. The van der Waals surface area contributed by atoms with Gasteiger partial charge in [0.15, 0.2) is 16.7 Å². The smallest absolute Gasteiger partial charge is 0.335 e. The molecule has 1 heterocycles. The van der Waals surface area contributed by atoms with Crippen LogP contribution in [0.4, 0.5) is 5.69 Å². The average Bonchev–Trinajstić information content (AvgIpc) is 3.06. The number of carbonyl (C=O) groups is 2. The Morgan fingerprint density at radius 1 is 1.34 bits per heavy atom. The number of nitrogens with zero attached hydrogens (tertiary/aromatic N) is 2. The molecule has 3 rings (SSSR count). The molecule has 0 saturated carbocycles. The number of amides is 1. The number of benzene rings is 2. The van der Waals surface area contributed by atoms with Gasteiger partial charge in [0.2, 0.25) is 0 Å². The minimum atomic E-state index is -1.01. The summed E-state index contributed by atoms with van der Waals surface area (Å²) in [7, 11) is 1.49. The fourth-order valence-corrected chi connectivity index (χ4v) is 4.22. The molecule has 0 spiro atoms. The van der Waals surface area contributed by atoms with Crippen LogP contribution in [0.1, 0.15) is 22.8 Å². The molecule has 0 unspecified atom stereocenters. The summed E-state index contributed by atoms with van der Waals surface area (Å²) in [6.45, 7) is 2.32. The predicted octanol–water partition coefficient (Wildman–Crippen LogP) is 4.68. The highest BCUT2D eigenvalue weighted by atomic mass is 35.5. The van der Waals surface area contributed by atoms with Gasteiger partial charge in [-0.25, -0.2) is 9.79 Å². The molecule has 1 aliphatic heterocycles. The SMILES string of the molecule is C#CCOc1c(Cl)cc(/C=C2/SC(=Nc3ccc(C(=O)O)cc3)N(CC)C2=O)cc1OC. The average molecular weight is 471 g/mol. The number of carboxylic acid groups (broad SMARTS) is 1. The zero-order chi connectivity index (χ0) is 23.3. The van der Waals surface area contributed by atoms with Crippen molar-refractivity contribution in [2.24, 2.45) is 4.99 Å². The Balaban J connectivity index is 1.92. The third-order valence-corrected chi connectivity index (χ3v) is 5.68. The van der Waals surface area contributed by atoms with E-state index in [1.54, 1.807) is 35.2 Å². The van der Waals surface area contributed by atoms with Crippen LogP contribution in [0, 0.1) is 12.3 Å². The zero-order valence-corrected chi connectivity index (χ0v) is 18.9. The number of carboxylic acids is 1. The number of methoxy groups -OCH3 is 1. The van der Waals surface area contributed by atoms with E-state index < -0.39 is 5.97 Å². The van der Waals surface area contributed by atoms with Crippen LogP contribution < -0.4 is 9.47 Å². The first-order chi connectivity index (χ1) is 15.4. The second-order valence-electron chi connectivity index (χ2n) is 6.43. The minimum Gasteiger partial charge on any atom is -0.493 e. The van der Waals surface area contributed by atoms with E-state index in [0.29, 0.717) is 44.4 Å². The number of terminal acetylenes is 1. The second-order valence-corrected chi connectivity index (χ2v) is 7.85. The van der Waals surface area contributed by atoms with Crippen molar-refractivity contribution in [2.75, 3.05) is 20.3 Å². The van der Waals surface area contributed by atoms with E-state index >= 15 is 0 Å². The van der Waals surface area contributed by atoms with Crippen LogP contribution in [0.5, 0.6) is 11.5 Å². The molecule has 32 heavy (non-hydrogen) atoms. The lowest BCUT2D eigenvalue weighted by Crippen LogP contribution is -2.28. The van der Waals surface area contributed by atoms with Crippen molar-refractivity contribution in [2.45, 2.75) is 6.92 Å². The van der Waals surface area contributed by atoms with Gasteiger partial charge in [0.1, 0.15) is 6.61 Å². The van der Waals surface area contributed by atoms with Crippen LogP contribution >= 0.6 is 23.4 Å². The summed E-state index contributed by atoms with van der Waals surface area (Å²) >= 11 is 7.55. The maximum atomic E-state index is 12.9. The molecular weight excluding hydrogens is 452 g/mol. The molecule has 0 aromatic heterocycles. The minimum absolute atomic E-state index is 0.0452. The highest BCUT2D eigenvalue weighted by Crippen LogP contribution is 2.39. The monoisotopic (exact) mass is 470 g/mol. The first kappa shape index (κ1) is 23.3. The molecule has 7 nitrogen and oxygen atoms in total. The van der Waals surface area contributed by atoms with Crippen molar-refractivity contribution in [3.8, 4) is 23.8 Å². The number of aromatic carboxylic acids is 1. The van der Waals surface area contributed by atoms with Gasteiger partial charge < -0.3 is 14.6 Å². The van der Waals surface area contributed by atoms with E-state index in [1.807, 2.05) is 6.92 Å². The Kier molecular flexibility index (Phi) is 7.46. The van der Waals surface area contributed by atoms with Crippen molar-refractivity contribution in [1.82, 2.24) is 4.90 Å². The molecule has 1 N–H and O–H groups in total. The lowest BCUT2D eigenvalue weighted by atomic mass is 10.1. The highest BCUT2D eigenvalue weighted by molar-refractivity contribution is 8.18. The lowest BCUT2D eigenvalue weighted by molar-refractivity contribution is -0.122. The fourth-order valence-electron chi connectivity index (χ4n) is 2.89. The number of ether oxygens (including phenoxy) is 2. The van der Waals surface area contributed by atoms with Crippen molar-refractivity contribution < 1.29 is 24.2 Å². The van der Waals surface area contributed by atoms with Gasteiger partial charge in [0.05, 0.1) is 28.3 Å². The van der Waals surface area contributed by atoms with Crippen LogP contribution in [0.2, 0.25) is 5.02 Å². The number of halogens is 1. The van der Waals surface area contributed by atoms with Crippen LogP contribution in [-0.2, 0) is 4.79 Å². The molecule has 0 aliphatic carbocycles. The topological polar surface area (TPSA) is 88.4 Å². The first-order valence-electron chi connectivity index (χ1n) is 9.45. The molecule has 0 radical (unpaired) electrons. The molecule has 1 aliphatic rings. The molecule has 9 heteroatoms. The number of carbonyl (C=O) groups excluding carboxylic acids is 1. The number of amidine groups is 1. The Morgan fingerprint density at radius 2 is 2.06 bits per heavy atom. The van der Waals surface area contributed by atoms with E-state index in [2.05, 4.69) is 10.9 Å². The summed E-state index contributed by atoms with van der Waals surface area (Å²) in [4.78, 5) is 30.4. The van der Waals surface area contributed by atoms with Crippen molar-refractivity contribution in [3.05, 3.63) is 57.5 Å². The molecule has 1 fully saturated rings. The summed E-state index contributed by atoms with van der Waals surface area (Å²) < 4.78 is 10.8. The van der Waals surface area contributed by atoms with Crippen LogP contribution in [0.3, 0.4) is 0 Å².